The molecule has 2 nitrogen and oxygen atoms in total. The van der Waals surface area contributed by atoms with Crippen molar-refractivity contribution >= 4 is 12.6 Å². The Hall–Kier alpha value is 0.270. The Morgan fingerprint density at radius 1 is 1.10 bits per heavy atom. The molecule has 3 fully saturated rings. The Labute approximate surface area is 136 Å². The fraction of sp³-hybridized carbons (Fsp3) is 1.00. The highest BCUT2D eigenvalue weighted by Crippen LogP contribution is 2.40. The van der Waals surface area contributed by atoms with Gasteiger partial charge in [0, 0.05) is 17.8 Å². The summed E-state index contributed by atoms with van der Waals surface area (Å²) < 4.78 is 0. The van der Waals surface area contributed by atoms with E-state index in [2.05, 4.69) is 11.8 Å². The molecule has 2 heterocycles. The molecule has 2 saturated heterocycles. The lowest BCUT2D eigenvalue weighted by molar-refractivity contribution is 0.272. The van der Waals surface area contributed by atoms with Gasteiger partial charge in [0.25, 0.3) is 0 Å². The quantitative estimate of drug-likeness (QED) is 0.548. The molecular formula is C18H34N2S. The number of hydrogen-bond donors (Lipinski definition) is 2. The second-order valence-electron chi connectivity index (χ2n) is 7.80. The fourth-order valence-corrected chi connectivity index (χ4v) is 5.46. The van der Waals surface area contributed by atoms with Crippen molar-refractivity contribution in [3.05, 3.63) is 0 Å². The first-order valence-electron chi connectivity index (χ1n) is 9.40. The maximum Gasteiger partial charge on any atom is 0.0736 e. The smallest absolute Gasteiger partial charge is 0.0736 e. The molecule has 21 heavy (non-hydrogen) atoms. The molecular weight excluding hydrogens is 276 g/mol. The molecule has 3 heteroatoms. The van der Waals surface area contributed by atoms with Crippen molar-refractivity contribution in [1.29, 1.82) is 0 Å². The second kappa shape index (κ2) is 7.23. The summed E-state index contributed by atoms with van der Waals surface area (Å²) in [6, 6.07) is 0.716. The average molecular weight is 311 g/mol. The summed E-state index contributed by atoms with van der Waals surface area (Å²) in [6.45, 7) is 3.60. The molecule has 0 spiro atoms. The molecule has 4 unspecified atom stereocenters. The maximum atomic E-state index is 6.06. The van der Waals surface area contributed by atoms with Gasteiger partial charge in [-0.05, 0) is 37.0 Å². The van der Waals surface area contributed by atoms with Crippen LogP contribution in [0, 0.1) is 17.8 Å². The molecule has 1 aliphatic carbocycles. The number of nitrogens with zero attached hydrogens (tertiary/aromatic N) is 1. The minimum atomic E-state index is 0.377. The third kappa shape index (κ3) is 3.79. The first-order chi connectivity index (χ1) is 10.2. The van der Waals surface area contributed by atoms with Crippen molar-refractivity contribution in [2.24, 2.45) is 23.5 Å². The molecule has 6 atom stereocenters. The van der Waals surface area contributed by atoms with E-state index in [9.17, 15) is 0 Å². The maximum absolute atomic E-state index is 6.06. The Morgan fingerprint density at radius 2 is 1.86 bits per heavy atom. The molecule has 3 aliphatic rings. The van der Waals surface area contributed by atoms with Gasteiger partial charge in [0.05, 0.1) is 6.17 Å². The van der Waals surface area contributed by atoms with Crippen molar-refractivity contribution in [2.45, 2.75) is 88.6 Å². The van der Waals surface area contributed by atoms with Crippen LogP contribution in [0.4, 0.5) is 0 Å². The molecule has 0 aromatic rings. The summed E-state index contributed by atoms with van der Waals surface area (Å²) in [6.07, 6.45) is 14.5. The fourth-order valence-electron chi connectivity index (χ4n) is 5.04. The standard InChI is InChI=1S/C18H34N2S/c1-2-13(14-6-3-4-7-14)8-5-9-17(21)15-10-11-16-18(19)20(16)12-15/h13-18,21H,2-12,19H2,1H3/t13?,15?,16?,17-,18+,20?/m1/s1. The molecule has 3 rings (SSSR count). The van der Waals surface area contributed by atoms with Gasteiger partial charge in [-0.15, -0.1) is 0 Å². The summed E-state index contributed by atoms with van der Waals surface area (Å²) in [4.78, 5) is 2.48. The van der Waals surface area contributed by atoms with Crippen molar-refractivity contribution in [3.63, 3.8) is 0 Å². The Morgan fingerprint density at radius 3 is 2.52 bits per heavy atom. The third-order valence-corrected chi connectivity index (χ3v) is 7.28. The summed E-state index contributed by atoms with van der Waals surface area (Å²) in [5.74, 6) is 2.81. The SMILES string of the molecule is CCC(CCC[C@@H](S)C1CCC2[C@@H](N)N2C1)C1CCCC1. The zero-order valence-electron chi connectivity index (χ0n) is 13.7. The van der Waals surface area contributed by atoms with E-state index >= 15 is 0 Å². The molecule has 0 aromatic carbocycles. The van der Waals surface area contributed by atoms with Gasteiger partial charge < -0.3 is 5.73 Å². The van der Waals surface area contributed by atoms with Gasteiger partial charge in [-0.1, -0.05) is 51.9 Å². The van der Waals surface area contributed by atoms with Crippen LogP contribution in [-0.4, -0.2) is 28.9 Å². The lowest BCUT2D eigenvalue weighted by Gasteiger charge is -2.28. The van der Waals surface area contributed by atoms with E-state index < -0.39 is 0 Å². The predicted molar refractivity (Wildman–Crippen MR) is 93.6 cm³/mol. The molecule has 0 amide bonds. The van der Waals surface area contributed by atoms with Crippen LogP contribution in [-0.2, 0) is 0 Å². The average Bonchev–Trinajstić information content (AvgIpc) is 2.93. The highest BCUT2D eigenvalue weighted by atomic mass is 32.1. The Balaban J connectivity index is 1.36. The predicted octanol–water partition coefficient (Wildman–Crippen LogP) is 4.05. The van der Waals surface area contributed by atoms with E-state index in [1.54, 1.807) is 0 Å². The van der Waals surface area contributed by atoms with E-state index in [1.165, 1.54) is 70.8 Å². The van der Waals surface area contributed by atoms with Crippen LogP contribution in [0.25, 0.3) is 0 Å². The van der Waals surface area contributed by atoms with Crippen molar-refractivity contribution in [1.82, 2.24) is 4.90 Å². The van der Waals surface area contributed by atoms with Crippen LogP contribution in [0.15, 0.2) is 0 Å². The van der Waals surface area contributed by atoms with Crippen LogP contribution in [0.5, 0.6) is 0 Å². The highest BCUT2D eigenvalue weighted by Gasteiger charge is 2.48. The monoisotopic (exact) mass is 310 g/mol. The van der Waals surface area contributed by atoms with E-state index in [-0.39, 0.29) is 0 Å². The van der Waals surface area contributed by atoms with Gasteiger partial charge in [0.1, 0.15) is 0 Å². The lowest BCUT2D eigenvalue weighted by atomic mass is 9.84. The largest absolute Gasteiger partial charge is 0.314 e. The molecule has 0 radical (unpaired) electrons. The van der Waals surface area contributed by atoms with E-state index in [0.717, 1.165) is 17.8 Å². The third-order valence-electron chi connectivity index (χ3n) is 6.60. The first kappa shape index (κ1) is 16.1. The van der Waals surface area contributed by atoms with Crippen LogP contribution in [0.1, 0.15) is 71.1 Å². The molecule has 0 bridgehead atoms. The molecule has 1 saturated carbocycles. The van der Waals surface area contributed by atoms with E-state index in [0.29, 0.717) is 17.5 Å². The van der Waals surface area contributed by atoms with Crippen LogP contribution in [0.2, 0.25) is 0 Å². The van der Waals surface area contributed by atoms with Gasteiger partial charge >= 0.3 is 0 Å². The van der Waals surface area contributed by atoms with Gasteiger partial charge in [0.2, 0.25) is 0 Å². The Kier molecular flexibility index (Phi) is 5.55. The highest BCUT2D eigenvalue weighted by molar-refractivity contribution is 7.81. The number of thiol groups is 1. The van der Waals surface area contributed by atoms with Crippen molar-refractivity contribution < 1.29 is 0 Å². The minimum Gasteiger partial charge on any atom is -0.314 e. The van der Waals surface area contributed by atoms with Crippen LogP contribution in [0.3, 0.4) is 0 Å². The van der Waals surface area contributed by atoms with Crippen LogP contribution >= 0.6 is 12.6 Å². The number of fused-ring (bicyclic) bond motifs is 1. The molecule has 2 aliphatic heterocycles. The zero-order valence-corrected chi connectivity index (χ0v) is 14.6. The summed E-state index contributed by atoms with van der Waals surface area (Å²) >= 11 is 4.94. The van der Waals surface area contributed by atoms with Crippen LogP contribution < -0.4 is 5.73 Å². The first-order valence-corrected chi connectivity index (χ1v) is 9.91. The molecule has 122 valence electrons. The van der Waals surface area contributed by atoms with E-state index in [4.69, 9.17) is 18.4 Å². The number of rotatable bonds is 7. The molecule has 0 aromatic heterocycles. The number of hydrogen-bond acceptors (Lipinski definition) is 3. The zero-order chi connectivity index (χ0) is 14.8. The minimum absolute atomic E-state index is 0.377. The van der Waals surface area contributed by atoms with Gasteiger partial charge in [-0.3, -0.25) is 4.90 Å². The number of piperidine rings is 1. The summed E-state index contributed by atoms with van der Waals surface area (Å²) in [5.41, 5.74) is 6.06. The second-order valence-corrected chi connectivity index (χ2v) is 8.47. The Bertz CT molecular complexity index is 329. The van der Waals surface area contributed by atoms with Gasteiger partial charge in [-0.25, -0.2) is 0 Å². The summed E-state index contributed by atoms with van der Waals surface area (Å²) in [5, 5.41) is 0.597. The number of nitrogens with two attached hydrogens (primary N) is 1. The molecule has 2 N–H and O–H groups in total. The lowest BCUT2D eigenvalue weighted by Crippen LogP contribution is -2.29. The normalized spacial score (nSPS) is 39.0. The van der Waals surface area contributed by atoms with Crippen molar-refractivity contribution in [2.75, 3.05) is 6.54 Å². The van der Waals surface area contributed by atoms with Gasteiger partial charge in [-0.2, -0.15) is 12.6 Å². The van der Waals surface area contributed by atoms with Crippen molar-refractivity contribution in [3.8, 4) is 0 Å². The topological polar surface area (TPSA) is 29.0 Å². The van der Waals surface area contributed by atoms with Gasteiger partial charge in [0.15, 0.2) is 0 Å². The summed E-state index contributed by atoms with van der Waals surface area (Å²) in [7, 11) is 0. The van der Waals surface area contributed by atoms with E-state index in [1.807, 2.05) is 0 Å².